The molecule has 1 amide bonds. The first-order valence-corrected chi connectivity index (χ1v) is 7.22. The molecule has 0 bridgehead atoms. The highest BCUT2D eigenvalue weighted by molar-refractivity contribution is 6.05. The molecule has 1 heterocycles. The highest BCUT2D eigenvalue weighted by Gasteiger charge is 2.29. The molecule has 1 aliphatic carbocycles. The standard InChI is InChI=1S/C16H20N2O2/c1-11-10-18(9-8-17(11)2)16(20)14-5-3-4-13-12(14)6-7-15(13)19/h3-5,11H,6-10H2,1-2H3/t11-/m0/s1. The number of nitrogens with zero attached hydrogens (tertiary/aromatic N) is 2. The van der Waals surface area contributed by atoms with Gasteiger partial charge in [-0.3, -0.25) is 9.59 Å². The molecule has 3 rings (SSSR count). The zero-order valence-corrected chi connectivity index (χ0v) is 12.1. The fraction of sp³-hybridized carbons (Fsp3) is 0.500. The van der Waals surface area contributed by atoms with Gasteiger partial charge in [-0.25, -0.2) is 0 Å². The number of hydrogen-bond donors (Lipinski definition) is 0. The largest absolute Gasteiger partial charge is 0.336 e. The van der Waals surface area contributed by atoms with Crippen molar-refractivity contribution in [3.63, 3.8) is 0 Å². The van der Waals surface area contributed by atoms with Crippen LogP contribution in [0.5, 0.6) is 0 Å². The van der Waals surface area contributed by atoms with E-state index in [9.17, 15) is 9.59 Å². The predicted molar refractivity (Wildman–Crippen MR) is 77.1 cm³/mol. The lowest BCUT2D eigenvalue weighted by molar-refractivity contribution is 0.0571. The third kappa shape index (κ3) is 2.14. The van der Waals surface area contributed by atoms with Crippen LogP contribution in [0.1, 0.15) is 39.6 Å². The maximum Gasteiger partial charge on any atom is 0.254 e. The molecular weight excluding hydrogens is 252 g/mol. The number of piperazine rings is 1. The lowest BCUT2D eigenvalue weighted by atomic mass is 10.0. The van der Waals surface area contributed by atoms with Crippen molar-refractivity contribution in [2.24, 2.45) is 0 Å². The molecule has 106 valence electrons. The molecule has 2 aliphatic rings. The molecular formula is C16H20N2O2. The van der Waals surface area contributed by atoms with Gasteiger partial charge in [0, 0.05) is 43.2 Å². The number of carbonyl (C=O) groups excluding carboxylic acids is 2. The van der Waals surface area contributed by atoms with Crippen molar-refractivity contribution in [2.75, 3.05) is 26.7 Å². The quantitative estimate of drug-likeness (QED) is 0.779. The van der Waals surface area contributed by atoms with Crippen LogP contribution in [0.2, 0.25) is 0 Å². The SMILES string of the molecule is C[C@H]1CN(C(=O)c2cccc3c2CCC3=O)CCN1C. The second-order valence-electron chi connectivity index (χ2n) is 5.84. The van der Waals surface area contributed by atoms with Crippen LogP contribution in [0.4, 0.5) is 0 Å². The summed E-state index contributed by atoms with van der Waals surface area (Å²) in [6.07, 6.45) is 1.25. The van der Waals surface area contributed by atoms with Gasteiger partial charge in [0.05, 0.1) is 0 Å². The van der Waals surface area contributed by atoms with Crippen molar-refractivity contribution in [3.05, 3.63) is 34.9 Å². The summed E-state index contributed by atoms with van der Waals surface area (Å²) in [5.41, 5.74) is 2.43. The molecule has 0 radical (unpaired) electrons. The summed E-state index contributed by atoms with van der Waals surface area (Å²) in [6.45, 7) is 4.56. The van der Waals surface area contributed by atoms with Crippen molar-refractivity contribution in [3.8, 4) is 0 Å². The molecule has 1 aromatic carbocycles. The minimum absolute atomic E-state index is 0.0801. The Bertz CT molecular complexity index is 568. The molecule has 1 atom stereocenters. The molecule has 1 saturated heterocycles. The van der Waals surface area contributed by atoms with Crippen LogP contribution in [0.15, 0.2) is 18.2 Å². The average Bonchev–Trinajstić information content (AvgIpc) is 2.83. The first-order chi connectivity index (χ1) is 9.58. The van der Waals surface area contributed by atoms with Crippen LogP contribution in [-0.2, 0) is 6.42 Å². The summed E-state index contributed by atoms with van der Waals surface area (Å²) in [5, 5.41) is 0. The van der Waals surface area contributed by atoms with Crippen LogP contribution in [-0.4, -0.2) is 54.2 Å². The number of Topliss-reactive ketones (excluding diaryl/α,β-unsaturated/α-hetero) is 1. The number of likely N-dealkylation sites (N-methyl/N-ethyl adjacent to an activating group) is 1. The van der Waals surface area contributed by atoms with E-state index in [2.05, 4.69) is 18.9 Å². The topological polar surface area (TPSA) is 40.6 Å². The number of hydrogen-bond acceptors (Lipinski definition) is 3. The van der Waals surface area contributed by atoms with Crippen molar-refractivity contribution < 1.29 is 9.59 Å². The van der Waals surface area contributed by atoms with Gasteiger partial charge in [0.25, 0.3) is 5.91 Å². The van der Waals surface area contributed by atoms with Gasteiger partial charge in [-0.2, -0.15) is 0 Å². The lowest BCUT2D eigenvalue weighted by Gasteiger charge is -2.37. The van der Waals surface area contributed by atoms with Crippen molar-refractivity contribution in [1.82, 2.24) is 9.80 Å². The lowest BCUT2D eigenvalue weighted by Crippen LogP contribution is -2.52. The minimum Gasteiger partial charge on any atom is -0.336 e. The van der Waals surface area contributed by atoms with Crippen molar-refractivity contribution in [2.45, 2.75) is 25.8 Å². The molecule has 0 spiro atoms. The van der Waals surface area contributed by atoms with Gasteiger partial charge in [0.2, 0.25) is 0 Å². The van der Waals surface area contributed by atoms with Crippen LogP contribution < -0.4 is 0 Å². The smallest absolute Gasteiger partial charge is 0.254 e. The second kappa shape index (κ2) is 5.02. The fourth-order valence-electron chi connectivity index (χ4n) is 3.09. The molecule has 1 aliphatic heterocycles. The molecule has 1 aromatic rings. The molecule has 1 fully saturated rings. The van der Waals surface area contributed by atoms with Gasteiger partial charge in [-0.1, -0.05) is 12.1 Å². The summed E-state index contributed by atoms with van der Waals surface area (Å²) in [7, 11) is 2.09. The number of rotatable bonds is 1. The van der Waals surface area contributed by atoms with Crippen molar-refractivity contribution in [1.29, 1.82) is 0 Å². The first kappa shape index (κ1) is 13.3. The Morgan fingerprint density at radius 1 is 1.25 bits per heavy atom. The third-order valence-electron chi connectivity index (χ3n) is 4.56. The van der Waals surface area contributed by atoms with E-state index >= 15 is 0 Å². The van der Waals surface area contributed by atoms with E-state index in [1.807, 2.05) is 23.1 Å². The molecule has 0 N–H and O–H groups in total. The highest BCUT2D eigenvalue weighted by Crippen LogP contribution is 2.26. The number of fused-ring (bicyclic) bond motifs is 1. The summed E-state index contributed by atoms with van der Waals surface area (Å²) in [6, 6.07) is 5.91. The van der Waals surface area contributed by atoms with Crippen LogP contribution in [0, 0.1) is 0 Å². The molecule has 0 unspecified atom stereocenters. The van der Waals surface area contributed by atoms with E-state index in [1.54, 1.807) is 0 Å². The van der Waals surface area contributed by atoms with E-state index in [0.717, 1.165) is 36.3 Å². The van der Waals surface area contributed by atoms with Gasteiger partial charge >= 0.3 is 0 Å². The summed E-state index contributed by atoms with van der Waals surface area (Å²) in [5.74, 6) is 0.248. The summed E-state index contributed by atoms with van der Waals surface area (Å²) >= 11 is 0. The van der Waals surface area contributed by atoms with Crippen LogP contribution >= 0.6 is 0 Å². The molecule has 4 nitrogen and oxygen atoms in total. The van der Waals surface area contributed by atoms with Gasteiger partial charge in [0.1, 0.15) is 0 Å². The Hall–Kier alpha value is -1.68. The van der Waals surface area contributed by atoms with Gasteiger partial charge < -0.3 is 9.80 Å². The monoisotopic (exact) mass is 272 g/mol. The predicted octanol–water partition coefficient (Wildman–Crippen LogP) is 1.59. The Labute approximate surface area is 119 Å². The third-order valence-corrected chi connectivity index (χ3v) is 4.56. The summed E-state index contributed by atoms with van der Waals surface area (Å²) in [4.78, 5) is 28.7. The maximum atomic E-state index is 12.7. The van der Waals surface area contributed by atoms with Gasteiger partial charge in [-0.15, -0.1) is 0 Å². The molecule has 0 aromatic heterocycles. The minimum atomic E-state index is 0.0801. The van der Waals surface area contributed by atoms with E-state index < -0.39 is 0 Å². The Kier molecular flexibility index (Phi) is 3.34. The van der Waals surface area contributed by atoms with Crippen LogP contribution in [0.3, 0.4) is 0 Å². The average molecular weight is 272 g/mol. The van der Waals surface area contributed by atoms with Gasteiger partial charge in [0.15, 0.2) is 5.78 Å². The van der Waals surface area contributed by atoms with E-state index in [-0.39, 0.29) is 11.7 Å². The molecule has 4 heteroatoms. The second-order valence-corrected chi connectivity index (χ2v) is 5.84. The number of amides is 1. The Balaban J connectivity index is 1.87. The first-order valence-electron chi connectivity index (χ1n) is 7.22. The van der Waals surface area contributed by atoms with Crippen molar-refractivity contribution >= 4 is 11.7 Å². The number of benzene rings is 1. The van der Waals surface area contributed by atoms with Gasteiger partial charge in [-0.05, 0) is 32.0 Å². The van der Waals surface area contributed by atoms with E-state index in [0.29, 0.717) is 18.9 Å². The number of ketones is 1. The molecule has 20 heavy (non-hydrogen) atoms. The summed E-state index contributed by atoms with van der Waals surface area (Å²) < 4.78 is 0. The zero-order valence-electron chi connectivity index (χ0n) is 12.1. The molecule has 0 saturated carbocycles. The Morgan fingerprint density at radius 2 is 2.05 bits per heavy atom. The normalized spacial score (nSPS) is 23.0. The zero-order chi connectivity index (χ0) is 14.3. The fourth-order valence-corrected chi connectivity index (χ4v) is 3.09. The van der Waals surface area contributed by atoms with E-state index in [4.69, 9.17) is 0 Å². The Morgan fingerprint density at radius 3 is 2.80 bits per heavy atom. The number of carbonyl (C=O) groups is 2. The van der Waals surface area contributed by atoms with E-state index in [1.165, 1.54) is 0 Å². The van der Waals surface area contributed by atoms with Crippen LogP contribution in [0.25, 0.3) is 0 Å². The highest BCUT2D eigenvalue weighted by atomic mass is 16.2. The maximum absolute atomic E-state index is 12.7.